The van der Waals surface area contributed by atoms with Gasteiger partial charge in [-0.05, 0) is 89.9 Å². The van der Waals surface area contributed by atoms with Crippen molar-refractivity contribution in [3.05, 3.63) is 109 Å². The van der Waals surface area contributed by atoms with E-state index < -0.39 is 32.5 Å². The van der Waals surface area contributed by atoms with E-state index in [1.807, 2.05) is 6.08 Å². The average molecular weight is 1090 g/mol. The highest BCUT2D eigenvalue weighted by molar-refractivity contribution is 7.47. The SMILES string of the molecule is CC/C=C\C/C=C\C/C=C\C/C=C\C/C=C\CCCC(=O)OC(COC(=O)CCCCCCCCCCCCCCCCCCCCCCCCCCCC/C=C\C/C=C\C/C=C\C/C=C\CC)COP(=O)(O)OCCN. The molecule has 0 aliphatic heterocycles. The summed E-state index contributed by atoms with van der Waals surface area (Å²) in [6, 6.07) is 0. The minimum absolute atomic E-state index is 0.0412. The Morgan fingerprint density at radius 3 is 1.04 bits per heavy atom. The Labute approximate surface area is 473 Å². The number of carbonyl (C=O) groups is 2. The quantitative estimate of drug-likeness (QED) is 0.0264. The fourth-order valence-corrected chi connectivity index (χ4v) is 9.37. The lowest BCUT2D eigenvalue weighted by Crippen LogP contribution is -2.29. The van der Waals surface area contributed by atoms with Gasteiger partial charge in [-0.3, -0.25) is 18.6 Å². The van der Waals surface area contributed by atoms with Gasteiger partial charge in [0.25, 0.3) is 0 Å². The fourth-order valence-electron chi connectivity index (χ4n) is 8.61. The molecule has 0 rings (SSSR count). The summed E-state index contributed by atoms with van der Waals surface area (Å²) in [6.07, 6.45) is 84.9. The molecule has 0 radical (unpaired) electrons. The van der Waals surface area contributed by atoms with Gasteiger partial charge in [0.15, 0.2) is 6.10 Å². The van der Waals surface area contributed by atoms with E-state index in [1.54, 1.807) is 0 Å². The molecule has 0 heterocycles. The zero-order valence-corrected chi connectivity index (χ0v) is 50.3. The van der Waals surface area contributed by atoms with Gasteiger partial charge in [0, 0.05) is 19.4 Å². The van der Waals surface area contributed by atoms with Crippen LogP contribution in [0.3, 0.4) is 0 Å². The zero-order chi connectivity index (χ0) is 55.9. The van der Waals surface area contributed by atoms with E-state index in [4.69, 9.17) is 24.3 Å². The molecule has 0 spiro atoms. The molecule has 0 aromatic carbocycles. The van der Waals surface area contributed by atoms with E-state index in [9.17, 15) is 19.0 Å². The molecular weight excluding hydrogens is 978 g/mol. The van der Waals surface area contributed by atoms with Crippen molar-refractivity contribution in [2.45, 2.75) is 277 Å². The number of rotatable bonds is 58. The summed E-state index contributed by atoms with van der Waals surface area (Å²) in [4.78, 5) is 35.1. The van der Waals surface area contributed by atoms with Crippen molar-refractivity contribution in [3.63, 3.8) is 0 Å². The van der Waals surface area contributed by atoms with Crippen molar-refractivity contribution in [2.75, 3.05) is 26.4 Å². The van der Waals surface area contributed by atoms with Gasteiger partial charge in [0.05, 0.1) is 13.2 Å². The molecule has 0 aliphatic rings. The molecule has 0 saturated heterocycles. The maximum absolute atomic E-state index is 12.6. The molecule has 0 aromatic heterocycles. The summed E-state index contributed by atoms with van der Waals surface area (Å²) >= 11 is 0. The number of carbonyl (C=O) groups excluding carboxylic acids is 2. The van der Waals surface area contributed by atoms with Crippen LogP contribution in [0.15, 0.2) is 109 Å². The first kappa shape index (κ1) is 73.7. The lowest BCUT2D eigenvalue weighted by Gasteiger charge is -2.19. The second-order valence-corrected chi connectivity index (χ2v) is 22.0. The molecule has 0 fully saturated rings. The summed E-state index contributed by atoms with van der Waals surface area (Å²) in [5, 5.41) is 0. The van der Waals surface area contributed by atoms with Crippen molar-refractivity contribution in [2.24, 2.45) is 5.73 Å². The predicted octanol–water partition coefficient (Wildman–Crippen LogP) is 20.2. The second kappa shape index (κ2) is 61.9. The molecule has 9 nitrogen and oxygen atoms in total. The maximum atomic E-state index is 12.6. The number of phosphoric acid groups is 1. The third-order valence-electron chi connectivity index (χ3n) is 13.2. The third kappa shape index (κ3) is 61.7. The van der Waals surface area contributed by atoms with Gasteiger partial charge in [-0.1, -0.05) is 277 Å². The summed E-state index contributed by atoms with van der Waals surface area (Å²) in [6.45, 7) is 3.46. The summed E-state index contributed by atoms with van der Waals surface area (Å²) in [5.41, 5.74) is 5.37. The molecule has 3 N–H and O–H groups in total. The molecule has 0 amide bonds. The number of esters is 2. The van der Waals surface area contributed by atoms with Gasteiger partial charge in [-0.2, -0.15) is 0 Å². The number of hydrogen-bond donors (Lipinski definition) is 2. The minimum atomic E-state index is -4.41. The van der Waals surface area contributed by atoms with E-state index in [2.05, 4.69) is 117 Å². The van der Waals surface area contributed by atoms with Crippen LogP contribution in [0.1, 0.15) is 271 Å². The van der Waals surface area contributed by atoms with Gasteiger partial charge in [0.1, 0.15) is 6.61 Å². The molecule has 0 aliphatic carbocycles. The highest BCUT2D eigenvalue weighted by Crippen LogP contribution is 2.43. The molecule has 0 aromatic rings. The monoisotopic (exact) mass is 1090 g/mol. The van der Waals surface area contributed by atoms with Gasteiger partial charge < -0.3 is 20.1 Å². The number of unbranched alkanes of at least 4 members (excludes halogenated alkanes) is 27. The summed E-state index contributed by atoms with van der Waals surface area (Å²) in [7, 11) is -4.41. The first-order chi connectivity index (χ1) is 37.8. The molecule has 0 bridgehead atoms. The lowest BCUT2D eigenvalue weighted by molar-refractivity contribution is -0.161. The second-order valence-electron chi connectivity index (χ2n) is 20.5. The first-order valence-corrected chi connectivity index (χ1v) is 32.9. The average Bonchev–Trinajstić information content (AvgIpc) is 3.42. The first-order valence-electron chi connectivity index (χ1n) is 31.4. The van der Waals surface area contributed by atoms with Gasteiger partial charge in [0.2, 0.25) is 0 Å². The Morgan fingerprint density at radius 2 is 0.688 bits per heavy atom. The van der Waals surface area contributed by atoms with Crippen LogP contribution in [0.2, 0.25) is 0 Å². The number of allylic oxidation sites excluding steroid dienone is 18. The summed E-state index contributed by atoms with van der Waals surface area (Å²) in [5.74, 6) is -0.893. The normalized spacial score (nSPS) is 13.8. The highest BCUT2D eigenvalue weighted by Gasteiger charge is 2.26. The van der Waals surface area contributed by atoms with Crippen molar-refractivity contribution in [1.82, 2.24) is 0 Å². The molecule has 442 valence electrons. The zero-order valence-electron chi connectivity index (χ0n) is 49.4. The van der Waals surface area contributed by atoms with Crippen molar-refractivity contribution in [3.8, 4) is 0 Å². The van der Waals surface area contributed by atoms with Crippen LogP contribution in [-0.2, 0) is 32.7 Å². The Balaban J connectivity index is 3.82. The Bertz CT molecular complexity index is 1630. The lowest BCUT2D eigenvalue weighted by atomic mass is 10.0. The number of ether oxygens (including phenoxy) is 2. The fraction of sp³-hybridized carbons (Fsp3) is 0.701. The molecule has 2 atom stereocenters. The van der Waals surface area contributed by atoms with Gasteiger partial charge in [-0.15, -0.1) is 0 Å². The van der Waals surface area contributed by atoms with Crippen LogP contribution >= 0.6 is 7.82 Å². The smallest absolute Gasteiger partial charge is 0.462 e. The van der Waals surface area contributed by atoms with Gasteiger partial charge in [-0.25, -0.2) is 4.57 Å². The molecular formula is C67H116NO8P. The van der Waals surface area contributed by atoms with Crippen LogP contribution in [0.25, 0.3) is 0 Å². The third-order valence-corrected chi connectivity index (χ3v) is 14.1. The van der Waals surface area contributed by atoms with Crippen molar-refractivity contribution < 1.29 is 37.6 Å². The standard InChI is InChI=1S/C67H116NO8P/c1-3-5-7-9-11-13-15-17-19-21-22-23-24-25-26-27-28-29-30-31-32-33-34-35-36-37-38-39-40-41-42-44-45-47-49-51-53-55-57-59-66(69)73-63-65(64-75-77(71,72)74-62-61-68)76-67(70)60-58-56-54-52-50-48-46-43-20-18-16-14-12-10-8-6-4-2/h5-8,11-14,17-20,22-23,46,48,52,54,65H,3-4,9-10,15-16,21,24-45,47,49-51,53,55-64,68H2,1-2H3,(H,71,72)/b7-5-,8-6-,13-11-,14-12-,19-17-,20-18-,23-22-,48-46-,54-52-. The Kier molecular flexibility index (Phi) is 59.2. The predicted molar refractivity (Wildman–Crippen MR) is 330 cm³/mol. The minimum Gasteiger partial charge on any atom is -0.462 e. The van der Waals surface area contributed by atoms with E-state index in [0.717, 1.165) is 77.0 Å². The van der Waals surface area contributed by atoms with Crippen LogP contribution in [0.4, 0.5) is 0 Å². The Morgan fingerprint density at radius 1 is 0.390 bits per heavy atom. The van der Waals surface area contributed by atoms with Crippen LogP contribution in [0.5, 0.6) is 0 Å². The highest BCUT2D eigenvalue weighted by atomic mass is 31.2. The van der Waals surface area contributed by atoms with Crippen molar-refractivity contribution in [1.29, 1.82) is 0 Å². The molecule has 2 unspecified atom stereocenters. The molecule has 10 heteroatoms. The number of phosphoric ester groups is 1. The maximum Gasteiger partial charge on any atom is 0.472 e. The van der Waals surface area contributed by atoms with E-state index in [-0.39, 0.29) is 32.6 Å². The van der Waals surface area contributed by atoms with E-state index in [0.29, 0.717) is 12.8 Å². The molecule has 77 heavy (non-hydrogen) atoms. The molecule has 0 saturated carbocycles. The topological polar surface area (TPSA) is 134 Å². The van der Waals surface area contributed by atoms with Crippen LogP contribution < -0.4 is 5.73 Å². The van der Waals surface area contributed by atoms with E-state index in [1.165, 1.54) is 154 Å². The van der Waals surface area contributed by atoms with Crippen LogP contribution in [-0.4, -0.2) is 49.3 Å². The largest absolute Gasteiger partial charge is 0.472 e. The van der Waals surface area contributed by atoms with E-state index >= 15 is 0 Å². The summed E-state index contributed by atoms with van der Waals surface area (Å²) < 4.78 is 32.9. The Hall–Kier alpha value is -3.33. The van der Waals surface area contributed by atoms with Gasteiger partial charge >= 0.3 is 19.8 Å². The number of nitrogens with two attached hydrogens (primary N) is 1. The number of hydrogen-bond acceptors (Lipinski definition) is 8. The van der Waals surface area contributed by atoms with Crippen molar-refractivity contribution >= 4 is 19.8 Å². The van der Waals surface area contributed by atoms with Crippen LogP contribution in [0, 0.1) is 0 Å².